The van der Waals surface area contributed by atoms with Crippen LogP contribution < -0.4 is 20.3 Å². The first-order valence-corrected chi connectivity index (χ1v) is 10.9. The van der Waals surface area contributed by atoms with Gasteiger partial charge in [0.15, 0.2) is 0 Å². The van der Waals surface area contributed by atoms with E-state index in [4.69, 9.17) is 4.74 Å². The summed E-state index contributed by atoms with van der Waals surface area (Å²) in [5.41, 5.74) is 3.40. The van der Waals surface area contributed by atoms with E-state index in [-0.39, 0.29) is 11.9 Å². The van der Waals surface area contributed by atoms with Crippen molar-refractivity contribution in [3.8, 4) is 6.01 Å². The predicted molar refractivity (Wildman–Crippen MR) is 126 cm³/mol. The average Bonchev–Trinajstić information content (AvgIpc) is 3.16. The first-order valence-electron chi connectivity index (χ1n) is 10.9. The number of hydrogen-bond acceptors (Lipinski definition) is 8. The maximum absolute atomic E-state index is 13.3. The summed E-state index contributed by atoms with van der Waals surface area (Å²) in [4.78, 5) is 33.1. The summed E-state index contributed by atoms with van der Waals surface area (Å²) < 4.78 is 7.03. The number of rotatable bonds is 4. The lowest BCUT2D eigenvalue weighted by Gasteiger charge is -2.38. The van der Waals surface area contributed by atoms with Crippen molar-refractivity contribution in [3.63, 3.8) is 0 Å². The second-order valence-electron chi connectivity index (χ2n) is 8.51. The number of imidazole rings is 1. The molecule has 0 radical (unpaired) electrons. The van der Waals surface area contributed by atoms with Crippen LogP contribution in [0.2, 0.25) is 0 Å². The van der Waals surface area contributed by atoms with Crippen LogP contribution in [0.15, 0.2) is 36.9 Å². The molecule has 170 valence electrons. The largest absolute Gasteiger partial charge is 0.467 e. The van der Waals surface area contributed by atoms with Crippen LogP contribution in [0.1, 0.15) is 29.9 Å². The van der Waals surface area contributed by atoms with Gasteiger partial charge in [-0.25, -0.2) is 15.0 Å². The lowest BCUT2D eigenvalue weighted by Crippen LogP contribution is -2.54. The number of carbonyl (C=O) groups is 1. The highest BCUT2D eigenvalue weighted by molar-refractivity contribution is 6.13. The number of benzene rings is 1. The molecular formula is C23H26N8O2. The van der Waals surface area contributed by atoms with E-state index in [1.165, 1.54) is 7.11 Å². The Morgan fingerprint density at radius 1 is 1.12 bits per heavy atom. The Kier molecular flexibility index (Phi) is 5.29. The number of aryl methyl sites for hydroxylation is 1. The summed E-state index contributed by atoms with van der Waals surface area (Å²) in [6.45, 7) is 7.94. The highest BCUT2D eigenvalue weighted by Crippen LogP contribution is 2.31. The third kappa shape index (κ3) is 4.05. The maximum Gasteiger partial charge on any atom is 0.316 e. The van der Waals surface area contributed by atoms with Gasteiger partial charge in [-0.2, -0.15) is 4.98 Å². The van der Waals surface area contributed by atoms with Gasteiger partial charge in [0.2, 0.25) is 5.78 Å². The molecule has 1 aliphatic rings. The Hall–Kier alpha value is -3.79. The molecule has 1 amide bonds. The van der Waals surface area contributed by atoms with Crippen LogP contribution in [-0.4, -0.2) is 62.5 Å². The van der Waals surface area contributed by atoms with E-state index in [1.807, 2.05) is 25.3 Å². The normalized spacial score (nSPS) is 18.6. The lowest BCUT2D eigenvalue weighted by atomic mass is 10.0. The predicted octanol–water partition coefficient (Wildman–Crippen LogP) is 2.43. The van der Waals surface area contributed by atoms with Gasteiger partial charge in [0.1, 0.15) is 0 Å². The topological polar surface area (TPSA) is 110 Å². The van der Waals surface area contributed by atoms with Crippen molar-refractivity contribution in [1.29, 1.82) is 0 Å². The molecule has 0 spiro atoms. The number of carbonyl (C=O) groups excluding carboxylic acids is 1. The van der Waals surface area contributed by atoms with Crippen LogP contribution in [0.3, 0.4) is 0 Å². The molecule has 5 rings (SSSR count). The molecule has 4 aromatic rings. The van der Waals surface area contributed by atoms with Crippen molar-refractivity contribution >= 4 is 34.0 Å². The van der Waals surface area contributed by atoms with Crippen molar-refractivity contribution in [2.75, 3.05) is 30.4 Å². The number of fused-ring (bicyclic) bond motifs is 2. The number of nitrogens with zero attached hydrogens (tertiary/aromatic N) is 6. The molecule has 2 N–H and O–H groups in total. The number of piperazine rings is 1. The minimum absolute atomic E-state index is 0.215. The van der Waals surface area contributed by atoms with Gasteiger partial charge in [0.25, 0.3) is 5.91 Å². The van der Waals surface area contributed by atoms with Gasteiger partial charge in [-0.05, 0) is 32.9 Å². The molecule has 1 aromatic carbocycles. The van der Waals surface area contributed by atoms with Crippen molar-refractivity contribution in [2.45, 2.75) is 32.9 Å². The van der Waals surface area contributed by atoms with Gasteiger partial charge in [0, 0.05) is 54.8 Å². The fraction of sp³-hybridized carbons (Fsp3) is 0.348. The number of anilines is 2. The standard InChI is InChI=1S/C23H26N8O2/c1-13-9-30(10-14(2)26-13)19-6-5-17(20-18(19)8-25-23(29-20)33-4)21(32)28-16-7-24-22-27-15(3)11-31(22)12-16/h5-8,11-14,26H,9-10H2,1-4H3,(H,28,32)/t13-,14-/m1/s1. The monoisotopic (exact) mass is 446 g/mol. The third-order valence-corrected chi connectivity index (χ3v) is 5.72. The molecule has 10 heteroatoms. The Bertz CT molecular complexity index is 1340. The molecule has 33 heavy (non-hydrogen) atoms. The summed E-state index contributed by atoms with van der Waals surface area (Å²) in [6, 6.07) is 4.69. The molecule has 1 saturated heterocycles. The zero-order chi connectivity index (χ0) is 23.1. The molecule has 0 bridgehead atoms. The van der Waals surface area contributed by atoms with Gasteiger partial charge < -0.3 is 20.3 Å². The molecular weight excluding hydrogens is 420 g/mol. The Balaban J connectivity index is 1.53. The number of hydrogen-bond donors (Lipinski definition) is 2. The summed E-state index contributed by atoms with van der Waals surface area (Å²) in [7, 11) is 1.51. The zero-order valence-electron chi connectivity index (χ0n) is 19.0. The van der Waals surface area contributed by atoms with E-state index in [0.717, 1.165) is 29.9 Å². The first-order chi connectivity index (χ1) is 15.9. The smallest absolute Gasteiger partial charge is 0.316 e. The van der Waals surface area contributed by atoms with Gasteiger partial charge in [0.05, 0.1) is 35.8 Å². The van der Waals surface area contributed by atoms with E-state index in [0.29, 0.717) is 34.6 Å². The number of amides is 1. The highest BCUT2D eigenvalue weighted by Gasteiger charge is 2.24. The first kappa shape index (κ1) is 21.1. The van der Waals surface area contributed by atoms with E-state index in [2.05, 4.69) is 49.3 Å². The maximum atomic E-state index is 13.3. The van der Waals surface area contributed by atoms with Crippen LogP contribution in [0.25, 0.3) is 16.7 Å². The third-order valence-electron chi connectivity index (χ3n) is 5.72. The average molecular weight is 447 g/mol. The molecule has 0 saturated carbocycles. The van der Waals surface area contributed by atoms with E-state index in [1.54, 1.807) is 23.0 Å². The van der Waals surface area contributed by atoms with Gasteiger partial charge in [-0.15, -0.1) is 0 Å². The fourth-order valence-electron chi connectivity index (χ4n) is 4.44. The SMILES string of the molecule is COc1ncc2c(N3C[C@@H](C)N[C@H](C)C3)ccc(C(=O)Nc3cnc4nc(C)cn4c3)c2n1. The van der Waals surface area contributed by atoms with Gasteiger partial charge in [-0.3, -0.25) is 9.20 Å². The Morgan fingerprint density at radius 2 is 1.91 bits per heavy atom. The Morgan fingerprint density at radius 3 is 2.67 bits per heavy atom. The van der Waals surface area contributed by atoms with Crippen LogP contribution in [0, 0.1) is 6.92 Å². The van der Waals surface area contributed by atoms with Gasteiger partial charge >= 0.3 is 6.01 Å². The quantitative estimate of drug-likeness (QED) is 0.492. The molecule has 4 heterocycles. The highest BCUT2D eigenvalue weighted by atomic mass is 16.5. The van der Waals surface area contributed by atoms with Crippen LogP contribution in [0.4, 0.5) is 11.4 Å². The van der Waals surface area contributed by atoms with Crippen LogP contribution >= 0.6 is 0 Å². The number of aromatic nitrogens is 5. The minimum atomic E-state index is -0.285. The molecule has 0 unspecified atom stereocenters. The summed E-state index contributed by atoms with van der Waals surface area (Å²) >= 11 is 0. The fourth-order valence-corrected chi connectivity index (χ4v) is 4.44. The Labute approximate surface area is 191 Å². The van der Waals surface area contributed by atoms with Crippen molar-refractivity contribution in [1.82, 2.24) is 29.7 Å². The van der Waals surface area contributed by atoms with E-state index >= 15 is 0 Å². The molecule has 1 fully saturated rings. The van der Waals surface area contributed by atoms with Crippen molar-refractivity contribution in [3.05, 3.63) is 48.2 Å². The second kappa shape index (κ2) is 8.28. The minimum Gasteiger partial charge on any atom is -0.467 e. The van der Waals surface area contributed by atoms with E-state index in [9.17, 15) is 4.79 Å². The number of nitrogens with one attached hydrogen (secondary N) is 2. The summed E-state index contributed by atoms with van der Waals surface area (Å²) in [5, 5.41) is 7.28. The molecule has 10 nitrogen and oxygen atoms in total. The summed E-state index contributed by atoms with van der Waals surface area (Å²) in [5.74, 6) is 0.296. The molecule has 3 aromatic heterocycles. The van der Waals surface area contributed by atoms with E-state index < -0.39 is 0 Å². The second-order valence-corrected chi connectivity index (χ2v) is 8.51. The molecule has 1 aliphatic heterocycles. The van der Waals surface area contributed by atoms with Crippen molar-refractivity contribution < 1.29 is 9.53 Å². The van der Waals surface area contributed by atoms with Gasteiger partial charge in [-0.1, -0.05) is 0 Å². The summed E-state index contributed by atoms with van der Waals surface area (Å²) in [6.07, 6.45) is 6.97. The van der Waals surface area contributed by atoms with Crippen LogP contribution in [-0.2, 0) is 0 Å². The zero-order valence-corrected chi connectivity index (χ0v) is 19.0. The number of methoxy groups -OCH3 is 1. The molecule has 0 aliphatic carbocycles. The molecule has 2 atom stereocenters. The lowest BCUT2D eigenvalue weighted by molar-refractivity contribution is 0.102. The van der Waals surface area contributed by atoms with Crippen molar-refractivity contribution in [2.24, 2.45) is 0 Å². The number of ether oxygens (including phenoxy) is 1. The van der Waals surface area contributed by atoms with Crippen LogP contribution in [0.5, 0.6) is 6.01 Å².